The number of carbonyl (C=O) groups excluding carboxylic acids is 2. The predicted molar refractivity (Wildman–Crippen MR) is 101 cm³/mol. The molecule has 6 nitrogen and oxygen atoms in total. The maximum Gasteiger partial charge on any atom is 0.262 e. The number of hydrogen-bond donors (Lipinski definition) is 1. The Hall–Kier alpha value is -3.02. The first-order valence-corrected chi connectivity index (χ1v) is 8.22. The van der Waals surface area contributed by atoms with Gasteiger partial charge in [0.1, 0.15) is 0 Å². The predicted octanol–water partition coefficient (Wildman–Crippen LogP) is 3.03. The number of amides is 2. The Morgan fingerprint density at radius 1 is 1.08 bits per heavy atom. The summed E-state index contributed by atoms with van der Waals surface area (Å²) in [5.74, 6) is 0.115. The lowest BCUT2D eigenvalue weighted by molar-refractivity contribution is -0.118. The van der Waals surface area contributed by atoms with E-state index in [1.165, 1.54) is 12.0 Å². The van der Waals surface area contributed by atoms with Crippen molar-refractivity contribution >= 4 is 17.5 Å². The molecule has 2 aromatic rings. The van der Waals surface area contributed by atoms with Gasteiger partial charge in [-0.1, -0.05) is 18.2 Å². The average molecular weight is 356 g/mol. The molecular weight excluding hydrogens is 332 g/mol. The summed E-state index contributed by atoms with van der Waals surface area (Å²) in [4.78, 5) is 26.1. The Balaban J connectivity index is 2.17. The van der Waals surface area contributed by atoms with E-state index in [0.717, 1.165) is 16.8 Å². The first-order valence-electron chi connectivity index (χ1n) is 8.22. The van der Waals surface area contributed by atoms with Crippen LogP contribution < -0.4 is 14.8 Å². The van der Waals surface area contributed by atoms with E-state index in [-0.39, 0.29) is 24.2 Å². The molecule has 0 aliphatic heterocycles. The van der Waals surface area contributed by atoms with Crippen molar-refractivity contribution in [3.05, 3.63) is 53.1 Å². The Morgan fingerprint density at radius 3 is 2.42 bits per heavy atom. The fourth-order valence-corrected chi connectivity index (χ4v) is 2.45. The Morgan fingerprint density at radius 2 is 1.77 bits per heavy atom. The highest BCUT2D eigenvalue weighted by molar-refractivity contribution is 5.98. The van der Waals surface area contributed by atoms with E-state index in [1.807, 2.05) is 32.0 Å². The van der Waals surface area contributed by atoms with Gasteiger partial charge in [-0.25, -0.2) is 0 Å². The number of ether oxygens (including phenoxy) is 2. The zero-order valence-corrected chi connectivity index (χ0v) is 15.8. The Bertz CT molecular complexity index is 815. The van der Waals surface area contributed by atoms with Crippen LogP contribution in [0.1, 0.15) is 21.5 Å². The molecule has 138 valence electrons. The lowest BCUT2D eigenvalue weighted by atomic mass is 10.1. The van der Waals surface area contributed by atoms with Crippen LogP contribution in [0.4, 0.5) is 5.69 Å². The van der Waals surface area contributed by atoms with E-state index in [0.29, 0.717) is 11.3 Å². The van der Waals surface area contributed by atoms with Gasteiger partial charge in [0.25, 0.3) is 11.8 Å². The number of nitrogens with one attached hydrogen (secondary N) is 1. The number of aryl methyl sites for hydroxylation is 1. The maximum absolute atomic E-state index is 12.3. The SMILES string of the molecule is COc1cccc(C(=O)N(C)C)c1OCC(=O)Nc1cccc(C)c1C. The molecule has 0 bridgehead atoms. The smallest absolute Gasteiger partial charge is 0.262 e. The van der Waals surface area contributed by atoms with Crippen molar-refractivity contribution in [2.75, 3.05) is 33.1 Å². The van der Waals surface area contributed by atoms with Gasteiger partial charge in [-0.2, -0.15) is 0 Å². The molecule has 2 amide bonds. The molecule has 0 spiro atoms. The molecule has 0 unspecified atom stereocenters. The molecular formula is C20H24N2O4. The van der Waals surface area contributed by atoms with Crippen molar-refractivity contribution in [3.8, 4) is 11.5 Å². The van der Waals surface area contributed by atoms with Gasteiger partial charge in [0, 0.05) is 19.8 Å². The van der Waals surface area contributed by atoms with Gasteiger partial charge in [0.05, 0.1) is 12.7 Å². The summed E-state index contributed by atoms with van der Waals surface area (Å²) in [5.41, 5.74) is 3.17. The number of anilines is 1. The van der Waals surface area contributed by atoms with Gasteiger partial charge in [0.2, 0.25) is 0 Å². The molecule has 0 aliphatic carbocycles. The van der Waals surface area contributed by atoms with E-state index in [2.05, 4.69) is 5.32 Å². The molecule has 2 aromatic carbocycles. The van der Waals surface area contributed by atoms with Crippen molar-refractivity contribution in [2.24, 2.45) is 0 Å². The standard InChI is InChI=1S/C20H24N2O4/c1-13-8-6-10-16(14(13)2)21-18(23)12-26-19-15(20(24)22(3)4)9-7-11-17(19)25-5/h6-11H,12H2,1-5H3,(H,21,23). The van der Waals surface area contributed by atoms with Gasteiger partial charge in [-0.3, -0.25) is 9.59 Å². The van der Waals surface area contributed by atoms with Crippen LogP contribution in [-0.4, -0.2) is 44.5 Å². The Labute approximate surface area is 153 Å². The summed E-state index contributed by atoms with van der Waals surface area (Å²) in [6.45, 7) is 3.69. The number of methoxy groups -OCH3 is 1. The van der Waals surface area contributed by atoms with Crippen LogP contribution in [0.25, 0.3) is 0 Å². The summed E-state index contributed by atoms with van der Waals surface area (Å²) in [5, 5.41) is 2.83. The molecule has 1 N–H and O–H groups in total. The quantitative estimate of drug-likeness (QED) is 0.864. The molecule has 0 atom stereocenters. The molecule has 0 radical (unpaired) electrons. The minimum atomic E-state index is -0.312. The van der Waals surface area contributed by atoms with Crippen LogP contribution >= 0.6 is 0 Å². The molecule has 6 heteroatoms. The fraction of sp³-hybridized carbons (Fsp3) is 0.300. The van der Waals surface area contributed by atoms with E-state index in [9.17, 15) is 9.59 Å². The highest BCUT2D eigenvalue weighted by atomic mass is 16.5. The summed E-state index contributed by atoms with van der Waals surface area (Å²) in [6.07, 6.45) is 0. The minimum absolute atomic E-state index is 0.228. The average Bonchev–Trinajstić information content (AvgIpc) is 2.62. The molecule has 0 heterocycles. The summed E-state index contributed by atoms with van der Waals surface area (Å²) >= 11 is 0. The fourth-order valence-electron chi connectivity index (χ4n) is 2.45. The lowest BCUT2D eigenvalue weighted by Gasteiger charge is -2.17. The van der Waals surface area contributed by atoms with Crippen LogP contribution in [0.5, 0.6) is 11.5 Å². The first-order chi connectivity index (χ1) is 12.3. The van der Waals surface area contributed by atoms with Crippen molar-refractivity contribution in [3.63, 3.8) is 0 Å². The molecule has 0 saturated carbocycles. The minimum Gasteiger partial charge on any atom is -0.493 e. The second kappa shape index (κ2) is 8.38. The summed E-state index contributed by atoms with van der Waals surface area (Å²) < 4.78 is 10.9. The van der Waals surface area contributed by atoms with E-state index < -0.39 is 0 Å². The van der Waals surface area contributed by atoms with Crippen LogP contribution in [0, 0.1) is 13.8 Å². The van der Waals surface area contributed by atoms with Crippen molar-refractivity contribution < 1.29 is 19.1 Å². The number of hydrogen-bond acceptors (Lipinski definition) is 4. The second-order valence-electron chi connectivity index (χ2n) is 6.12. The highest BCUT2D eigenvalue weighted by Gasteiger charge is 2.19. The Kier molecular flexibility index (Phi) is 6.22. The van der Waals surface area contributed by atoms with Crippen molar-refractivity contribution in [1.29, 1.82) is 0 Å². The molecule has 0 aliphatic rings. The molecule has 0 fully saturated rings. The van der Waals surface area contributed by atoms with E-state index in [1.54, 1.807) is 32.3 Å². The molecule has 0 aromatic heterocycles. The number of carbonyl (C=O) groups is 2. The largest absolute Gasteiger partial charge is 0.493 e. The van der Waals surface area contributed by atoms with Gasteiger partial charge in [0.15, 0.2) is 18.1 Å². The number of benzene rings is 2. The first kappa shape index (κ1) is 19.3. The van der Waals surface area contributed by atoms with Crippen molar-refractivity contribution in [2.45, 2.75) is 13.8 Å². The molecule has 0 saturated heterocycles. The second-order valence-corrected chi connectivity index (χ2v) is 6.12. The maximum atomic E-state index is 12.3. The highest BCUT2D eigenvalue weighted by Crippen LogP contribution is 2.31. The summed E-state index contributed by atoms with van der Waals surface area (Å²) in [6, 6.07) is 10.7. The van der Waals surface area contributed by atoms with Crippen LogP contribution in [0.15, 0.2) is 36.4 Å². The lowest BCUT2D eigenvalue weighted by Crippen LogP contribution is -2.25. The van der Waals surface area contributed by atoms with E-state index in [4.69, 9.17) is 9.47 Å². The van der Waals surface area contributed by atoms with Crippen LogP contribution in [-0.2, 0) is 4.79 Å². The monoisotopic (exact) mass is 356 g/mol. The normalized spacial score (nSPS) is 10.2. The molecule has 26 heavy (non-hydrogen) atoms. The third-order valence-electron chi connectivity index (χ3n) is 4.06. The van der Waals surface area contributed by atoms with Gasteiger partial charge < -0.3 is 19.7 Å². The zero-order chi connectivity index (χ0) is 19.3. The third-order valence-corrected chi connectivity index (χ3v) is 4.06. The van der Waals surface area contributed by atoms with Gasteiger partial charge in [-0.05, 0) is 43.2 Å². The topological polar surface area (TPSA) is 67.9 Å². The van der Waals surface area contributed by atoms with E-state index >= 15 is 0 Å². The molecule has 2 rings (SSSR count). The van der Waals surface area contributed by atoms with Crippen LogP contribution in [0.3, 0.4) is 0 Å². The number of rotatable bonds is 6. The van der Waals surface area contributed by atoms with Crippen molar-refractivity contribution in [1.82, 2.24) is 4.90 Å². The number of para-hydroxylation sites is 1. The third kappa shape index (κ3) is 4.33. The number of nitrogens with zero attached hydrogens (tertiary/aromatic N) is 1. The van der Waals surface area contributed by atoms with Gasteiger partial charge in [-0.15, -0.1) is 0 Å². The van der Waals surface area contributed by atoms with Gasteiger partial charge >= 0.3 is 0 Å². The van der Waals surface area contributed by atoms with Crippen LogP contribution in [0.2, 0.25) is 0 Å². The zero-order valence-electron chi connectivity index (χ0n) is 15.8. The summed E-state index contributed by atoms with van der Waals surface area (Å²) in [7, 11) is 4.79.